The molecule has 0 aliphatic carbocycles. The van der Waals surface area contributed by atoms with Gasteiger partial charge >= 0.3 is 0 Å². The molecule has 1 aromatic rings. The molecule has 1 saturated heterocycles. The SMILES string of the molecule is CCSc1cccc(N(C)CC2CCCO2)c1/C(N)=N/O. The highest BCUT2D eigenvalue weighted by Gasteiger charge is 2.21. The van der Waals surface area contributed by atoms with Crippen molar-refractivity contribution in [1.82, 2.24) is 0 Å². The first-order valence-corrected chi connectivity index (χ1v) is 8.22. The van der Waals surface area contributed by atoms with Crippen molar-refractivity contribution in [3.8, 4) is 0 Å². The normalized spacial score (nSPS) is 19.0. The molecule has 0 bridgehead atoms. The highest BCUT2D eigenvalue weighted by atomic mass is 32.2. The van der Waals surface area contributed by atoms with Gasteiger partial charge < -0.3 is 20.6 Å². The monoisotopic (exact) mass is 309 g/mol. The van der Waals surface area contributed by atoms with Crippen molar-refractivity contribution < 1.29 is 9.94 Å². The topological polar surface area (TPSA) is 71.1 Å². The molecule has 6 heteroatoms. The molecule has 0 aromatic heterocycles. The molecule has 1 aliphatic heterocycles. The molecule has 5 nitrogen and oxygen atoms in total. The number of likely N-dealkylation sites (N-methyl/N-ethyl adjacent to an activating group) is 1. The quantitative estimate of drug-likeness (QED) is 0.278. The summed E-state index contributed by atoms with van der Waals surface area (Å²) in [4.78, 5) is 3.16. The number of oxime groups is 1. The Kier molecular flexibility index (Phi) is 5.76. The zero-order valence-electron chi connectivity index (χ0n) is 12.6. The highest BCUT2D eigenvalue weighted by Crippen LogP contribution is 2.31. The number of amidine groups is 1. The zero-order chi connectivity index (χ0) is 15.2. The lowest BCUT2D eigenvalue weighted by Gasteiger charge is -2.26. The van der Waals surface area contributed by atoms with Gasteiger partial charge in [0.2, 0.25) is 0 Å². The molecule has 2 rings (SSSR count). The molecule has 0 amide bonds. The van der Waals surface area contributed by atoms with Crippen LogP contribution in [0.3, 0.4) is 0 Å². The van der Waals surface area contributed by atoms with Crippen LogP contribution in [-0.2, 0) is 4.74 Å². The summed E-state index contributed by atoms with van der Waals surface area (Å²) in [5.41, 5.74) is 7.67. The van der Waals surface area contributed by atoms with Gasteiger partial charge in [-0.25, -0.2) is 0 Å². The lowest BCUT2D eigenvalue weighted by molar-refractivity contribution is 0.116. The highest BCUT2D eigenvalue weighted by molar-refractivity contribution is 7.99. The predicted octanol–water partition coefficient (Wildman–Crippen LogP) is 2.51. The van der Waals surface area contributed by atoms with Gasteiger partial charge in [0.1, 0.15) is 0 Å². The third-order valence-corrected chi connectivity index (χ3v) is 4.52. The van der Waals surface area contributed by atoms with Gasteiger partial charge in [-0.1, -0.05) is 18.1 Å². The minimum atomic E-state index is 0.153. The molecule has 1 atom stereocenters. The largest absolute Gasteiger partial charge is 0.409 e. The molecule has 21 heavy (non-hydrogen) atoms. The molecule has 1 heterocycles. The van der Waals surface area contributed by atoms with E-state index in [9.17, 15) is 0 Å². The van der Waals surface area contributed by atoms with E-state index in [4.69, 9.17) is 15.7 Å². The van der Waals surface area contributed by atoms with Gasteiger partial charge in [0.25, 0.3) is 0 Å². The smallest absolute Gasteiger partial charge is 0.173 e. The lowest BCUT2D eigenvalue weighted by atomic mass is 10.1. The van der Waals surface area contributed by atoms with Crippen molar-refractivity contribution in [3.05, 3.63) is 23.8 Å². The van der Waals surface area contributed by atoms with Crippen molar-refractivity contribution in [2.45, 2.75) is 30.8 Å². The third kappa shape index (κ3) is 3.83. The van der Waals surface area contributed by atoms with Crippen LogP contribution >= 0.6 is 11.8 Å². The molecule has 1 fully saturated rings. The van der Waals surface area contributed by atoms with Gasteiger partial charge in [-0.2, -0.15) is 0 Å². The number of ether oxygens (including phenoxy) is 1. The number of hydrogen-bond acceptors (Lipinski definition) is 5. The molecule has 1 unspecified atom stereocenters. The van der Waals surface area contributed by atoms with Gasteiger partial charge in [0, 0.05) is 30.8 Å². The molecular formula is C15H23N3O2S. The van der Waals surface area contributed by atoms with Crippen LogP contribution in [0.15, 0.2) is 28.3 Å². The van der Waals surface area contributed by atoms with Crippen LogP contribution in [-0.4, -0.2) is 43.1 Å². The van der Waals surface area contributed by atoms with Crippen LogP contribution in [0.2, 0.25) is 0 Å². The average molecular weight is 309 g/mol. The number of rotatable bonds is 6. The number of anilines is 1. The first kappa shape index (κ1) is 16.0. The standard InChI is InChI=1S/C15H23N3O2S/c1-3-21-13-8-4-7-12(14(13)15(16)17-19)18(2)10-11-6-5-9-20-11/h4,7-8,11,19H,3,5-6,9-10H2,1-2H3,(H2,16,17). The number of hydrogen-bond donors (Lipinski definition) is 2. The van der Waals surface area contributed by atoms with Gasteiger partial charge in [0.15, 0.2) is 5.84 Å². The van der Waals surface area contributed by atoms with Crippen LogP contribution < -0.4 is 10.6 Å². The molecule has 116 valence electrons. The average Bonchev–Trinajstić information content (AvgIpc) is 2.99. The summed E-state index contributed by atoms with van der Waals surface area (Å²) in [6, 6.07) is 6.01. The molecule has 1 aliphatic rings. The second-order valence-electron chi connectivity index (χ2n) is 5.08. The second kappa shape index (κ2) is 7.56. The Labute approximate surface area is 130 Å². The fraction of sp³-hybridized carbons (Fsp3) is 0.533. The van der Waals surface area contributed by atoms with E-state index in [1.54, 1.807) is 11.8 Å². The molecule has 1 aromatic carbocycles. The van der Waals surface area contributed by atoms with E-state index in [0.717, 1.165) is 47.9 Å². The minimum absolute atomic E-state index is 0.153. The van der Waals surface area contributed by atoms with E-state index in [-0.39, 0.29) is 11.9 Å². The number of thioether (sulfide) groups is 1. The fourth-order valence-corrected chi connectivity index (χ4v) is 3.45. The lowest BCUT2D eigenvalue weighted by Crippen LogP contribution is -2.31. The number of nitrogens with two attached hydrogens (primary N) is 1. The fourth-order valence-electron chi connectivity index (χ4n) is 2.61. The van der Waals surface area contributed by atoms with E-state index in [2.05, 4.69) is 17.0 Å². The Hall–Kier alpha value is -1.40. The maximum absolute atomic E-state index is 9.08. The van der Waals surface area contributed by atoms with E-state index < -0.39 is 0 Å². The number of benzene rings is 1. The molecule has 0 saturated carbocycles. The van der Waals surface area contributed by atoms with Crippen LogP contribution in [0.5, 0.6) is 0 Å². The Balaban J connectivity index is 2.29. The van der Waals surface area contributed by atoms with Crippen LogP contribution in [0.4, 0.5) is 5.69 Å². The second-order valence-corrected chi connectivity index (χ2v) is 6.39. The van der Waals surface area contributed by atoms with Crippen molar-refractivity contribution in [3.63, 3.8) is 0 Å². The van der Waals surface area contributed by atoms with Gasteiger partial charge in [-0.15, -0.1) is 11.8 Å². The molecular weight excluding hydrogens is 286 g/mol. The Morgan fingerprint density at radius 2 is 2.38 bits per heavy atom. The van der Waals surface area contributed by atoms with E-state index in [1.807, 2.05) is 25.2 Å². The summed E-state index contributed by atoms with van der Waals surface area (Å²) in [7, 11) is 2.02. The minimum Gasteiger partial charge on any atom is -0.409 e. The Morgan fingerprint density at radius 3 is 3.00 bits per heavy atom. The van der Waals surface area contributed by atoms with Crippen LogP contribution in [0.1, 0.15) is 25.3 Å². The summed E-state index contributed by atoms with van der Waals surface area (Å²) in [5, 5.41) is 12.3. The maximum atomic E-state index is 9.08. The maximum Gasteiger partial charge on any atom is 0.173 e. The van der Waals surface area contributed by atoms with Crippen LogP contribution in [0.25, 0.3) is 0 Å². The van der Waals surface area contributed by atoms with E-state index in [0.29, 0.717) is 0 Å². The van der Waals surface area contributed by atoms with Crippen molar-refractivity contribution in [1.29, 1.82) is 0 Å². The first-order valence-electron chi connectivity index (χ1n) is 7.23. The van der Waals surface area contributed by atoms with E-state index in [1.165, 1.54) is 0 Å². The van der Waals surface area contributed by atoms with Crippen molar-refractivity contribution in [2.75, 3.05) is 30.9 Å². The Bertz CT molecular complexity index is 502. The Morgan fingerprint density at radius 1 is 1.57 bits per heavy atom. The van der Waals surface area contributed by atoms with Crippen molar-refractivity contribution in [2.24, 2.45) is 10.9 Å². The van der Waals surface area contributed by atoms with Gasteiger partial charge in [-0.05, 0) is 30.7 Å². The molecule has 3 N–H and O–H groups in total. The summed E-state index contributed by atoms with van der Waals surface area (Å²) in [6.45, 7) is 3.74. The zero-order valence-corrected chi connectivity index (χ0v) is 13.4. The molecule has 0 radical (unpaired) electrons. The molecule has 0 spiro atoms. The summed E-state index contributed by atoms with van der Waals surface area (Å²) in [5.74, 6) is 1.09. The predicted molar refractivity (Wildman–Crippen MR) is 87.6 cm³/mol. The van der Waals surface area contributed by atoms with Gasteiger partial charge in [0.05, 0.1) is 11.7 Å². The summed E-state index contributed by atoms with van der Waals surface area (Å²) < 4.78 is 5.69. The summed E-state index contributed by atoms with van der Waals surface area (Å²) in [6.07, 6.45) is 2.47. The van der Waals surface area contributed by atoms with Crippen LogP contribution in [0, 0.1) is 0 Å². The van der Waals surface area contributed by atoms with Gasteiger partial charge in [-0.3, -0.25) is 0 Å². The van der Waals surface area contributed by atoms with E-state index >= 15 is 0 Å². The first-order chi connectivity index (χ1) is 10.2. The number of nitrogens with zero attached hydrogens (tertiary/aromatic N) is 2. The third-order valence-electron chi connectivity index (χ3n) is 3.58. The van der Waals surface area contributed by atoms with Crippen molar-refractivity contribution >= 4 is 23.3 Å². The summed E-state index contributed by atoms with van der Waals surface area (Å²) >= 11 is 1.69.